The van der Waals surface area contributed by atoms with Gasteiger partial charge in [0.2, 0.25) is 0 Å². The van der Waals surface area contributed by atoms with Crippen LogP contribution in [-0.2, 0) is 4.74 Å². The number of amides is 2. The van der Waals surface area contributed by atoms with Gasteiger partial charge in [-0.2, -0.15) is 0 Å². The molecular weight excluding hydrogens is 306 g/mol. The zero-order chi connectivity index (χ0) is 17.9. The molecule has 6 heteroatoms. The van der Waals surface area contributed by atoms with Crippen molar-refractivity contribution in [1.82, 2.24) is 9.80 Å². The molecule has 1 fully saturated rings. The minimum atomic E-state index is -0.469. The lowest BCUT2D eigenvalue weighted by atomic mass is 10.1. The smallest absolute Gasteiger partial charge is 0.410 e. The number of ether oxygens (including phenoxy) is 1. The molecule has 0 N–H and O–H groups in total. The van der Waals surface area contributed by atoms with E-state index in [1.165, 1.54) is 0 Å². The van der Waals surface area contributed by atoms with E-state index in [4.69, 9.17) is 4.74 Å². The maximum Gasteiger partial charge on any atom is 0.410 e. The molecule has 2 rings (SSSR count). The molecule has 1 aromatic carbocycles. The number of anilines is 1. The molecule has 1 heterocycles. The van der Waals surface area contributed by atoms with E-state index in [0.29, 0.717) is 18.7 Å². The lowest BCUT2D eigenvalue weighted by Gasteiger charge is -2.36. The fourth-order valence-corrected chi connectivity index (χ4v) is 2.55. The Morgan fingerprint density at radius 2 is 1.54 bits per heavy atom. The van der Waals surface area contributed by atoms with Crippen LogP contribution in [0.5, 0.6) is 0 Å². The molecule has 1 aliphatic rings. The third-order valence-electron chi connectivity index (χ3n) is 3.82. The highest BCUT2D eigenvalue weighted by molar-refractivity contribution is 5.94. The highest BCUT2D eigenvalue weighted by atomic mass is 16.6. The maximum absolute atomic E-state index is 12.1. The van der Waals surface area contributed by atoms with Crippen molar-refractivity contribution in [3.05, 3.63) is 29.8 Å². The summed E-state index contributed by atoms with van der Waals surface area (Å²) < 4.78 is 5.41. The van der Waals surface area contributed by atoms with Gasteiger partial charge in [0, 0.05) is 51.5 Å². The second kappa shape index (κ2) is 7.11. The molecule has 2 amide bonds. The first-order chi connectivity index (χ1) is 11.2. The molecule has 0 radical (unpaired) electrons. The average molecular weight is 333 g/mol. The third kappa shape index (κ3) is 4.63. The number of piperazine rings is 1. The largest absolute Gasteiger partial charge is 0.444 e. The quantitative estimate of drug-likeness (QED) is 0.834. The first-order valence-electron chi connectivity index (χ1n) is 8.22. The van der Waals surface area contributed by atoms with Crippen LogP contribution in [-0.4, -0.2) is 67.7 Å². The molecule has 132 valence electrons. The normalized spacial score (nSPS) is 15.2. The number of benzene rings is 1. The molecule has 6 nitrogen and oxygen atoms in total. The van der Waals surface area contributed by atoms with Gasteiger partial charge in [-0.3, -0.25) is 4.79 Å². The van der Waals surface area contributed by atoms with Gasteiger partial charge in [0.1, 0.15) is 5.60 Å². The van der Waals surface area contributed by atoms with E-state index in [0.717, 1.165) is 18.8 Å². The van der Waals surface area contributed by atoms with E-state index in [2.05, 4.69) is 4.90 Å². The fourth-order valence-electron chi connectivity index (χ4n) is 2.55. The summed E-state index contributed by atoms with van der Waals surface area (Å²) in [6, 6.07) is 7.61. The highest BCUT2D eigenvalue weighted by Crippen LogP contribution is 2.19. The lowest BCUT2D eigenvalue weighted by Crippen LogP contribution is -2.50. The van der Waals surface area contributed by atoms with E-state index in [-0.39, 0.29) is 12.0 Å². The second-order valence-corrected chi connectivity index (χ2v) is 7.20. The van der Waals surface area contributed by atoms with Crippen LogP contribution in [0, 0.1) is 0 Å². The van der Waals surface area contributed by atoms with Crippen molar-refractivity contribution in [2.24, 2.45) is 0 Å². The van der Waals surface area contributed by atoms with E-state index >= 15 is 0 Å². The van der Waals surface area contributed by atoms with E-state index in [9.17, 15) is 9.59 Å². The Bertz CT molecular complexity index is 583. The minimum Gasteiger partial charge on any atom is -0.444 e. The van der Waals surface area contributed by atoms with Gasteiger partial charge in [-0.05, 0) is 45.0 Å². The van der Waals surface area contributed by atoms with Gasteiger partial charge in [-0.15, -0.1) is 0 Å². The van der Waals surface area contributed by atoms with Crippen molar-refractivity contribution in [1.29, 1.82) is 0 Å². The second-order valence-electron chi connectivity index (χ2n) is 7.20. The van der Waals surface area contributed by atoms with Crippen LogP contribution in [0.2, 0.25) is 0 Å². The molecular formula is C18H27N3O3. The lowest BCUT2D eigenvalue weighted by molar-refractivity contribution is 0.0240. The Balaban J connectivity index is 1.93. The summed E-state index contributed by atoms with van der Waals surface area (Å²) >= 11 is 0. The Labute approximate surface area is 144 Å². The van der Waals surface area contributed by atoms with Gasteiger partial charge in [-0.1, -0.05) is 0 Å². The molecule has 1 aromatic rings. The average Bonchev–Trinajstić information content (AvgIpc) is 2.53. The highest BCUT2D eigenvalue weighted by Gasteiger charge is 2.26. The number of rotatable bonds is 2. The Kier molecular flexibility index (Phi) is 5.36. The molecule has 1 saturated heterocycles. The van der Waals surface area contributed by atoms with Gasteiger partial charge in [0.15, 0.2) is 0 Å². The summed E-state index contributed by atoms with van der Waals surface area (Å²) in [7, 11) is 3.48. The molecule has 0 atom stereocenters. The van der Waals surface area contributed by atoms with Crippen molar-refractivity contribution < 1.29 is 14.3 Å². The van der Waals surface area contributed by atoms with Crippen LogP contribution in [0.1, 0.15) is 31.1 Å². The summed E-state index contributed by atoms with van der Waals surface area (Å²) in [6.45, 7) is 8.38. The van der Waals surface area contributed by atoms with Gasteiger partial charge in [0.25, 0.3) is 5.91 Å². The molecule has 0 spiro atoms. The third-order valence-corrected chi connectivity index (χ3v) is 3.82. The van der Waals surface area contributed by atoms with Crippen LogP contribution in [0.3, 0.4) is 0 Å². The topological polar surface area (TPSA) is 53.1 Å². The van der Waals surface area contributed by atoms with E-state index < -0.39 is 5.60 Å². The summed E-state index contributed by atoms with van der Waals surface area (Å²) in [6.07, 6.45) is -0.255. The van der Waals surface area contributed by atoms with Crippen molar-refractivity contribution >= 4 is 17.7 Å². The number of hydrogen-bond acceptors (Lipinski definition) is 4. The first kappa shape index (κ1) is 18.1. The fraction of sp³-hybridized carbons (Fsp3) is 0.556. The van der Waals surface area contributed by atoms with Gasteiger partial charge < -0.3 is 19.4 Å². The van der Waals surface area contributed by atoms with Crippen molar-refractivity contribution in [2.45, 2.75) is 26.4 Å². The zero-order valence-electron chi connectivity index (χ0n) is 15.2. The van der Waals surface area contributed by atoms with E-state index in [1.54, 1.807) is 23.9 Å². The number of hydrogen-bond donors (Lipinski definition) is 0. The summed E-state index contributed by atoms with van der Waals surface area (Å²) in [5.41, 5.74) is 1.27. The van der Waals surface area contributed by atoms with Gasteiger partial charge in [-0.25, -0.2) is 4.79 Å². The summed E-state index contributed by atoms with van der Waals surface area (Å²) in [4.78, 5) is 29.5. The minimum absolute atomic E-state index is 0.00343. The van der Waals surface area contributed by atoms with E-state index in [1.807, 2.05) is 45.0 Å². The predicted octanol–water partition coefficient (Wildman–Crippen LogP) is 2.45. The molecule has 0 unspecified atom stereocenters. The zero-order valence-corrected chi connectivity index (χ0v) is 15.2. The van der Waals surface area contributed by atoms with Crippen molar-refractivity contribution in [2.75, 3.05) is 45.2 Å². The Hall–Kier alpha value is -2.24. The van der Waals surface area contributed by atoms with Gasteiger partial charge >= 0.3 is 6.09 Å². The van der Waals surface area contributed by atoms with Crippen LogP contribution in [0.15, 0.2) is 24.3 Å². The number of nitrogens with zero attached hydrogens (tertiary/aromatic N) is 3. The predicted molar refractivity (Wildman–Crippen MR) is 94.5 cm³/mol. The van der Waals surface area contributed by atoms with Crippen molar-refractivity contribution in [3.63, 3.8) is 0 Å². The standard InChI is InChI=1S/C18H27N3O3/c1-18(2,3)24-17(23)21-12-10-20(11-13-21)15-8-6-14(7-9-15)16(22)19(4)5/h6-9H,10-13H2,1-5H3. The molecule has 0 aliphatic carbocycles. The van der Waals surface area contributed by atoms with Crippen LogP contribution < -0.4 is 4.90 Å². The molecule has 0 aromatic heterocycles. The van der Waals surface area contributed by atoms with Crippen molar-refractivity contribution in [3.8, 4) is 0 Å². The van der Waals surface area contributed by atoms with Crippen LogP contribution in [0.4, 0.5) is 10.5 Å². The van der Waals surface area contributed by atoms with Gasteiger partial charge in [0.05, 0.1) is 0 Å². The summed E-state index contributed by atoms with van der Waals surface area (Å²) in [5.74, 6) is -0.00343. The number of carbonyl (C=O) groups excluding carboxylic acids is 2. The monoisotopic (exact) mass is 333 g/mol. The van der Waals surface area contributed by atoms with Crippen LogP contribution in [0.25, 0.3) is 0 Å². The SMILES string of the molecule is CN(C)C(=O)c1ccc(N2CCN(C(=O)OC(C)(C)C)CC2)cc1. The first-order valence-corrected chi connectivity index (χ1v) is 8.22. The Morgan fingerprint density at radius 3 is 2.00 bits per heavy atom. The molecule has 1 aliphatic heterocycles. The molecule has 0 saturated carbocycles. The molecule has 0 bridgehead atoms. The maximum atomic E-state index is 12.1. The Morgan fingerprint density at radius 1 is 1.00 bits per heavy atom. The summed E-state index contributed by atoms with van der Waals surface area (Å²) in [5, 5.41) is 0. The van der Waals surface area contributed by atoms with Crippen LogP contribution >= 0.6 is 0 Å². The number of carbonyl (C=O) groups is 2. The molecule has 24 heavy (non-hydrogen) atoms.